The van der Waals surface area contributed by atoms with E-state index in [-0.39, 0.29) is 19.8 Å². The van der Waals surface area contributed by atoms with Crippen molar-refractivity contribution in [2.75, 3.05) is 0 Å². The molecule has 0 aliphatic heterocycles. The molecular weight excluding hydrogens is 278 g/mol. The van der Waals surface area contributed by atoms with Gasteiger partial charge in [0.25, 0.3) is 0 Å². The van der Waals surface area contributed by atoms with Gasteiger partial charge in [-0.05, 0) is 6.42 Å². The molecule has 1 rings (SSSR count). The monoisotopic (exact) mass is 288 g/mol. The first-order chi connectivity index (χ1) is 3.50. The maximum atomic E-state index is 8.00. The summed E-state index contributed by atoms with van der Waals surface area (Å²) in [6.45, 7) is 2.00. The van der Waals surface area contributed by atoms with E-state index in [2.05, 4.69) is 24.3 Å². The van der Waals surface area contributed by atoms with E-state index in [9.17, 15) is 0 Å². The van der Waals surface area contributed by atoms with E-state index in [1.165, 1.54) is 0 Å². The third-order valence-corrected chi connectivity index (χ3v) is 0.655. The zero-order chi connectivity index (χ0) is 5.54. The molecule has 0 heterocycles. The Hall–Kier alpha value is -0.214. The van der Waals surface area contributed by atoms with Crippen LogP contribution >= 0.6 is 0 Å². The van der Waals surface area contributed by atoms with Crippen molar-refractivity contribution in [3.05, 3.63) is 24.3 Å². The van der Waals surface area contributed by atoms with Crippen LogP contribution in [-0.4, -0.2) is 6.79 Å². The van der Waals surface area contributed by atoms with Crippen LogP contribution in [0.15, 0.2) is 24.3 Å². The fourth-order valence-electron chi connectivity index (χ4n) is 0.393. The molecule has 0 bridgehead atoms. The van der Waals surface area contributed by atoms with Gasteiger partial charge in [-0.1, -0.05) is 24.3 Å². The molecule has 1 aliphatic carbocycles. The van der Waals surface area contributed by atoms with Gasteiger partial charge in [-0.25, -0.2) is 0 Å². The van der Waals surface area contributed by atoms with Gasteiger partial charge in [0.15, 0.2) is 0 Å². The second kappa shape index (κ2) is 9.92. The SMILES string of the molecule is C1=CCC=C1.C=O.[Os]. The van der Waals surface area contributed by atoms with Crippen LogP contribution in [-0.2, 0) is 24.6 Å². The standard InChI is InChI=1S/C5H6.CH2O.Os/c1-2-4-5-3-1;1-2;/h1-4H,5H2;1H2;. The minimum absolute atomic E-state index is 0. The molecule has 0 saturated heterocycles. The van der Waals surface area contributed by atoms with Gasteiger partial charge >= 0.3 is 0 Å². The van der Waals surface area contributed by atoms with E-state index < -0.39 is 0 Å². The van der Waals surface area contributed by atoms with Crippen molar-refractivity contribution in [3.8, 4) is 0 Å². The first-order valence-electron chi connectivity index (χ1n) is 2.11. The molecule has 0 amide bonds. The van der Waals surface area contributed by atoms with Crippen molar-refractivity contribution in [2.24, 2.45) is 0 Å². The molecule has 0 unspecified atom stereocenters. The van der Waals surface area contributed by atoms with Gasteiger partial charge < -0.3 is 4.79 Å². The van der Waals surface area contributed by atoms with Crippen molar-refractivity contribution in [1.82, 2.24) is 0 Å². The Kier molecular flexibility index (Phi) is 13.3. The van der Waals surface area contributed by atoms with E-state index in [1.807, 2.05) is 6.79 Å². The molecule has 2 heteroatoms. The smallest absolute Gasteiger partial charge is 0.106 e. The third kappa shape index (κ3) is 5.79. The van der Waals surface area contributed by atoms with Crippen LogP contribution in [0.2, 0.25) is 0 Å². The molecule has 1 aliphatic rings. The third-order valence-electron chi connectivity index (χ3n) is 0.655. The number of hydrogen-bond acceptors (Lipinski definition) is 1. The van der Waals surface area contributed by atoms with Crippen molar-refractivity contribution in [3.63, 3.8) is 0 Å². The molecule has 0 radical (unpaired) electrons. The first kappa shape index (κ1) is 10.7. The van der Waals surface area contributed by atoms with Crippen LogP contribution in [0.25, 0.3) is 0 Å². The normalized spacial score (nSPS) is 11.5. The molecule has 0 saturated carbocycles. The van der Waals surface area contributed by atoms with Gasteiger partial charge in [0.1, 0.15) is 6.79 Å². The predicted octanol–water partition coefficient (Wildman–Crippen LogP) is 1.32. The maximum Gasteiger partial charge on any atom is 0.106 e. The van der Waals surface area contributed by atoms with Crippen LogP contribution in [0.5, 0.6) is 0 Å². The topological polar surface area (TPSA) is 17.1 Å². The summed E-state index contributed by atoms with van der Waals surface area (Å²) in [4.78, 5) is 8.00. The van der Waals surface area contributed by atoms with E-state index in [0.717, 1.165) is 6.42 Å². The van der Waals surface area contributed by atoms with E-state index in [0.29, 0.717) is 0 Å². The average Bonchev–Trinajstić information content (AvgIpc) is 2.23. The summed E-state index contributed by atoms with van der Waals surface area (Å²) in [5.41, 5.74) is 0. The summed E-state index contributed by atoms with van der Waals surface area (Å²) in [6, 6.07) is 0. The van der Waals surface area contributed by atoms with Gasteiger partial charge in [0, 0.05) is 19.8 Å². The minimum atomic E-state index is 0. The Balaban J connectivity index is 0. The zero-order valence-electron chi connectivity index (χ0n) is 4.49. The summed E-state index contributed by atoms with van der Waals surface area (Å²) in [5, 5.41) is 0. The maximum absolute atomic E-state index is 8.00. The summed E-state index contributed by atoms with van der Waals surface area (Å²) in [7, 11) is 0. The predicted molar refractivity (Wildman–Crippen MR) is 30.0 cm³/mol. The zero-order valence-corrected chi connectivity index (χ0v) is 7.03. The Bertz CT molecular complexity index is 76.5. The van der Waals surface area contributed by atoms with Crippen LogP contribution in [0.1, 0.15) is 6.42 Å². The van der Waals surface area contributed by atoms with Crippen molar-refractivity contribution >= 4 is 6.79 Å². The van der Waals surface area contributed by atoms with Crippen molar-refractivity contribution in [2.45, 2.75) is 6.42 Å². The van der Waals surface area contributed by atoms with E-state index in [1.54, 1.807) is 0 Å². The van der Waals surface area contributed by atoms with Crippen molar-refractivity contribution in [1.29, 1.82) is 0 Å². The largest absolute Gasteiger partial charge is 0.307 e. The number of hydrogen-bond donors (Lipinski definition) is 0. The van der Waals surface area contributed by atoms with Crippen LogP contribution in [0, 0.1) is 0 Å². The van der Waals surface area contributed by atoms with Crippen LogP contribution < -0.4 is 0 Å². The molecule has 8 heavy (non-hydrogen) atoms. The molecule has 0 aromatic carbocycles. The molecule has 0 atom stereocenters. The molecule has 0 N–H and O–H groups in total. The second-order valence-electron chi connectivity index (χ2n) is 1.09. The van der Waals surface area contributed by atoms with Crippen LogP contribution in [0.3, 0.4) is 0 Å². The van der Waals surface area contributed by atoms with Gasteiger partial charge in [-0.15, -0.1) is 0 Å². The fraction of sp³-hybridized carbons (Fsp3) is 0.167. The van der Waals surface area contributed by atoms with Gasteiger partial charge in [-0.2, -0.15) is 0 Å². The van der Waals surface area contributed by atoms with Gasteiger partial charge in [0.05, 0.1) is 0 Å². The van der Waals surface area contributed by atoms with Gasteiger partial charge in [-0.3, -0.25) is 0 Å². The Labute approximate surface area is 62.5 Å². The molecule has 1 nitrogen and oxygen atoms in total. The Morgan fingerprint density at radius 1 is 1.12 bits per heavy atom. The average molecular weight is 286 g/mol. The summed E-state index contributed by atoms with van der Waals surface area (Å²) in [5.74, 6) is 0. The first-order valence-corrected chi connectivity index (χ1v) is 2.11. The fourth-order valence-corrected chi connectivity index (χ4v) is 0.393. The number of rotatable bonds is 0. The molecule has 0 aromatic heterocycles. The quantitative estimate of drug-likeness (QED) is 0.656. The van der Waals surface area contributed by atoms with Crippen LogP contribution in [0.4, 0.5) is 0 Å². The number of carbonyl (C=O) groups excluding carboxylic acids is 1. The second-order valence-corrected chi connectivity index (χ2v) is 1.09. The Morgan fingerprint density at radius 3 is 1.62 bits per heavy atom. The minimum Gasteiger partial charge on any atom is -0.307 e. The number of allylic oxidation sites excluding steroid dienone is 4. The summed E-state index contributed by atoms with van der Waals surface area (Å²) < 4.78 is 0. The molecular formula is C6H8OOs. The van der Waals surface area contributed by atoms with E-state index in [4.69, 9.17) is 4.79 Å². The molecule has 0 aromatic rings. The molecule has 0 fully saturated rings. The molecule has 46 valence electrons. The van der Waals surface area contributed by atoms with Gasteiger partial charge in [0.2, 0.25) is 0 Å². The molecule has 0 spiro atoms. The van der Waals surface area contributed by atoms with Crippen molar-refractivity contribution < 1.29 is 24.6 Å². The Morgan fingerprint density at radius 2 is 1.50 bits per heavy atom. The number of carbonyl (C=O) groups is 1. The summed E-state index contributed by atoms with van der Waals surface area (Å²) in [6.07, 6.45) is 9.50. The summed E-state index contributed by atoms with van der Waals surface area (Å²) >= 11 is 0. The van der Waals surface area contributed by atoms with E-state index >= 15 is 0 Å².